The molecule has 0 aromatic carbocycles. The van der Waals surface area contributed by atoms with Crippen LogP contribution in [-0.2, 0) is 19.1 Å². The summed E-state index contributed by atoms with van der Waals surface area (Å²) in [4.78, 5) is 24.2. The molecular weight excluding hydrogens is 280 g/mol. The van der Waals surface area contributed by atoms with Crippen LogP contribution < -0.4 is 0 Å². The second kappa shape index (κ2) is 5.54. The standard InChI is InChI=1S/C18H30O4/c1-12(19)22-18(5)11-8-13-16(2,3)9-7-10-17(13,4)14(18)15(20)21-6/h13-14H,7-11H2,1-6H3/t13?,14-,17+,18-/m1/s1. The number of carbonyl (C=O) groups excluding carboxylic acids is 2. The van der Waals surface area contributed by atoms with E-state index in [-0.39, 0.29) is 22.8 Å². The van der Waals surface area contributed by atoms with Gasteiger partial charge in [-0.15, -0.1) is 0 Å². The zero-order valence-electron chi connectivity index (χ0n) is 14.8. The lowest BCUT2D eigenvalue weighted by Gasteiger charge is -2.60. The monoisotopic (exact) mass is 310 g/mol. The van der Waals surface area contributed by atoms with Gasteiger partial charge in [-0.2, -0.15) is 0 Å². The number of hydrogen-bond donors (Lipinski definition) is 0. The van der Waals surface area contributed by atoms with Gasteiger partial charge in [0.05, 0.1) is 7.11 Å². The van der Waals surface area contributed by atoms with Crippen molar-refractivity contribution < 1.29 is 19.1 Å². The molecule has 0 amide bonds. The third-order valence-corrected chi connectivity index (χ3v) is 6.29. The van der Waals surface area contributed by atoms with Crippen LogP contribution in [0.15, 0.2) is 0 Å². The highest BCUT2D eigenvalue weighted by Gasteiger charge is 2.62. The van der Waals surface area contributed by atoms with E-state index in [4.69, 9.17) is 9.47 Å². The lowest BCUT2D eigenvalue weighted by Crippen LogP contribution is -2.61. The molecule has 1 unspecified atom stereocenters. The maximum Gasteiger partial charge on any atom is 0.313 e. The quantitative estimate of drug-likeness (QED) is 0.729. The van der Waals surface area contributed by atoms with E-state index in [1.165, 1.54) is 20.5 Å². The van der Waals surface area contributed by atoms with Crippen molar-refractivity contribution in [1.82, 2.24) is 0 Å². The molecular formula is C18H30O4. The predicted octanol–water partition coefficient (Wildman–Crippen LogP) is 3.72. The first kappa shape index (κ1) is 17.3. The number of fused-ring (bicyclic) bond motifs is 1. The van der Waals surface area contributed by atoms with Gasteiger partial charge >= 0.3 is 11.9 Å². The Morgan fingerprint density at radius 1 is 1.05 bits per heavy atom. The van der Waals surface area contributed by atoms with Crippen LogP contribution in [0.4, 0.5) is 0 Å². The Morgan fingerprint density at radius 2 is 1.68 bits per heavy atom. The first-order chi connectivity index (χ1) is 10.1. The average Bonchev–Trinajstić information content (AvgIpc) is 2.35. The summed E-state index contributed by atoms with van der Waals surface area (Å²) in [5, 5.41) is 0. The molecule has 2 saturated carbocycles. The Balaban J connectivity index is 2.48. The van der Waals surface area contributed by atoms with Gasteiger partial charge < -0.3 is 9.47 Å². The van der Waals surface area contributed by atoms with Crippen molar-refractivity contribution in [2.45, 2.75) is 72.3 Å². The summed E-state index contributed by atoms with van der Waals surface area (Å²) in [6.07, 6.45) is 4.98. The van der Waals surface area contributed by atoms with Crippen LogP contribution in [0.5, 0.6) is 0 Å². The molecule has 0 aliphatic heterocycles. The minimum atomic E-state index is -0.766. The molecule has 0 spiro atoms. The van der Waals surface area contributed by atoms with Crippen LogP contribution >= 0.6 is 0 Å². The Hall–Kier alpha value is -1.06. The molecule has 2 fully saturated rings. The summed E-state index contributed by atoms with van der Waals surface area (Å²) in [6, 6.07) is 0. The molecule has 126 valence electrons. The van der Waals surface area contributed by atoms with E-state index < -0.39 is 11.5 Å². The van der Waals surface area contributed by atoms with E-state index in [1.54, 1.807) is 0 Å². The summed E-state index contributed by atoms with van der Waals surface area (Å²) in [5.74, 6) is -0.518. The smallest absolute Gasteiger partial charge is 0.313 e. The molecule has 0 radical (unpaired) electrons. The number of esters is 2. The summed E-state index contributed by atoms with van der Waals surface area (Å²) in [6.45, 7) is 10.1. The average molecular weight is 310 g/mol. The van der Waals surface area contributed by atoms with Gasteiger partial charge in [0.15, 0.2) is 0 Å². The Bertz CT molecular complexity index is 470. The molecule has 0 aromatic heterocycles. The molecule has 0 saturated heterocycles. The third kappa shape index (κ3) is 2.65. The number of carbonyl (C=O) groups is 2. The van der Waals surface area contributed by atoms with Gasteiger partial charge in [-0.3, -0.25) is 9.59 Å². The maximum absolute atomic E-state index is 12.6. The van der Waals surface area contributed by atoms with Gasteiger partial charge in [0, 0.05) is 6.92 Å². The van der Waals surface area contributed by atoms with Crippen molar-refractivity contribution in [3.63, 3.8) is 0 Å². The zero-order chi connectivity index (χ0) is 16.8. The summed E-state index contributed by atoms with van der Waals surface area (Å²) >= 11 is 0. The summed E-state index contributed by atoms with van der Waals surface area (Å²) in [5.41, 5.74) is -0.744. The van der Waals surface area contributed by atoms with Crippen molar-refractivity contribution in [2.24, 2.45) is 22.7 Å². The first-order valence-corrected chi connectivity index (χ1v) is 8.34. The van der Waals surface area contributed by atoms with E-state index in [0.717, 1.165) is 25.7 Å². The van der Waals surface area contributed by atoms with Crippen LogP contribution in [0, 0.1) is 22.7 Å². The van der Waals surface area contributed by atoms with Crippen LogP contribution in [0.2, 0.25) is 0 Å². The molecule has 2 aliphatic carbocycles. The SMILES string of the molecule is COC(=O)[C@H]1[C@](C)(OC(C)=O)CCC2C(C)(C)CCC[C@@]21C. The van der Waals surface area contributed by atoms with E-state index in [0.29, 0.717) is 5.92 Å². The van der Waals surface area contributed by atoms with Gasteiger partial charge in [0.25, 0.3) is 0 Å². The van der Waals surface area contributed by atoms with Crippen LogP contribution in [0.3, 0.4) is 0 Å². The number of methoxy groups -OCH3 is 1. The van der Waals surface area contributed by atoms with Crippen molar-refractivity contribution in [3.05, 3.63) is 0 Å². The Morgan fingerprint density at radius 3 is 2.23 bits per heavy atom. The number of rotatable bonds is 2. The van der Waals surface area contributed by atoms with Crippen molar-refractivity contribution in [2.75, 3.05) is 7.11 Å². The molecule has 0 heterocycles. The van der Waals surface area contributed by atoms with Gasteiger partial charge in [-0.05, 0) is 49.4 Å². The topological polar surface area (TPSA) is 52.6 Å². The highest BCUT2D eigenvalue weighted by molar-refractivity contribution is 5.76. The van der Waals surface area contributed by atoms with Crippen LogP contribution in [0.1, 0.15) is 66.7 Å². The van der Waals surface area contributed by atoms with Crippen molar-refractivity contribution in [1.29, 1.82) is 0 Å². The fourth-order valence-corrected chi connectivity index (χ4v) is 5.58. The molecule has 2 aliphatic rings. The Labute approximate surface area is 133 Å². The van der Waals surface area contributed by atoms with Crippen molar-refractivity contribution in [3.8, 4) is 0 Å². The fourth-order valence-electron chi connectivity index (χ4n) is 5.58. The van der Waals surface area contributed by atoms with Gasteiger partial charge in [0.1, 0.15) is 11.5 Å². The zero-order valence-corrected chi connectivity index (χ0v) is 14.8. The first-order valence-electron chi connectivity index (χ1n) is 8.34. The molecule has 0 bridgehead atoms. The third-order valence-electron chi connectivity index (χ3n) is 6.29. The van der Waals surface area contributed by atoms with E-state index in [9.17, 15) is 9.59 Å². The molecule has 0 N–H and O–H groups in total. The molecule has 2 rings (SSSR count). The second-order valence-electron chi connectivity index (χ2n) is 8.30. The lowest BCUT2D eigenvalue weighted by atomic mass is 9.45. The molecule has 4 heteroatoms. The highest BCUT2D eigenvalue weighted by atomic mass is 16.6. The van der Waals surface area contributed by atoms with Gasteiger partial charge in [-0.25, -0.2) is 0 Å². The fraction of sp³-hybridized carbons (Fsp3) is 0.889. The summed E-state index contributed by atoms with van der Waals surface area (Å²) in [7, 11) is 1.43. The van der Waals surface area contributed by atoms with Crippen LogP contribution in [0.25, 0.3) is 0 Å². The van der Waals surface area contributed by atoms with Gasteiger partial charge in [0.2, 0.25) is 0 Å². The lowest BCUT2D eigenvalue weighted by molar-refractivity contribution is -0.208. The molecule has 0 aromatic rings. The minimum Gasteiger partial charge on any atom is -0.469 e. The molecule has 22 heavy (non-hydrogen) atoms. The molecule has 4 nitrogen and oxygen atoms in total. The highest BCUT2D eigenvalue weighted by Crippen LogP contribution is 2.62. The van der Waals surface area contributed by atoms with Gasteiger partial charge in [-0.1, -0.05) is 27.2 Å². The van der Waals surface area contributed by atoms with E-state index in [2.05, 4.69) is 20.8 Å². The van der Waals surface area contributed by atoms with E-state index in [1.807, 2.05) is 6.92 Å². The van der Waals surface area contributed by atoms with Crippen LogP contribution in [-0.4, -0.2) is 24.6 Å². The second-order valence-corrected chi connectivity index (χ2v) is 8.30. The van der Waals surface area contributed by atoms with Crippen molar-refractivity contribution >= 4 is 11.9 Å². The predicted molar refractivity (Wildman–Crippen MR) is 84.1 cm³/mol. The largest absolute Gasteiger partial charge is 0.469 e. The number of ether oxygens (including phenoxy) is 2. The number of hydrogen-bond acceptors (Lipinski definition) is 4. The minimum absolute atomic E-state index is 0.183. The Kier molecular flexibility index (Phi) is 4.35. The summed E-state index contributed by atoms with van der Waals surface area (Å²) < 4.78 is 10.8. The molecule has 4 atom stereocenters. The normalized spacial score (nSPS) is 40.5. The maximum atomic E-state index is 12.6. The van der Waals surface area contributed by atoms with E-state index >= 15 is 0 Å².